The molecule has 12 heavy (non-hydrogen) atoms. The Labute approximate surface area is 88.8 Å². The first-order valence-electron chi connectivity index (χ1n) is 3.19. The largest absolute Gasteiger partial charge is 0.185 e. The van der Waals surface area contributed by atoms with E-state index in [1.165, 1.54) is 23.5 Å². The predicted molar refractivity (Wildman–Crippen MR) is 58.9 cm³/mol. The summed E-state index contributed by atoms with van der Waals surface area (Å²) in [6.45, 7) is 0. The van der Waals surface area contributed by atoms with Crippen LogP contribution in [0.5, 0.6) is 0 Å². The molecule has 1 aliphatic rings. The van der Waals surface area contributed by atoms with Crippen LogP contribution < -0.4 is 0 Å². The average molecular weight is 234 g/mol. The van der Waals surface area contributed by atoms with Crippen molar-refractivity contribution >= 4 is 47.0 Å². The van der Waals surface area contributed by atoms with Crippen molar-refractivity contribution in [3.63, 3.8) is 0 Å². The molecule has 1 heterocycles. The third kappa shape index (κ3) is 3.40. The molecule has 0 N–H and O–H groups in total. The van der Waals surface area contributed by atoms with E-state index in [1.54, 1.807) is 23.5 Å². The monoisotopic (exact) mass is 234 g/mol. The van der Waals surface area contributed by atoms with Crippen molar-refractivity contribution in [2.45, 2.75) is 9.16 Å². The van der Waals surface area contributed by atoms with Gasteiger partial charge in [-0.3, -0.25) is 0 Å². The Bertz CT molecular complexity index is 187. The number of hydrogen-bond acceptors (Lipinski definition) is 6. The van der Waals surface area contributed by atoms with Gasteiger partial charge in [0.05, 0.1) is 9.16 Å². The van der Waals surface area contributed by atoms with Gasteiger partial charge in [-0.2, -0.15) is 10.5 Å². The van der Waals surface area contributed by atoms with Crippen molar-refractivity contribution in [1.82, 2.24) is 0 Å². The summed E-state index contributed by atoms with van der Waals surface area (Å²) >= 11 is 6.22. The molecule has 2 nitrogen and oxygen atoms in total. The SMILES string of the molecule is N#CSC1CSC(SC#N)CS1. The van der Waals surface area contributed by atoms with Crippen LogP contribution >= 0.6 is 47.0 Å². The van der Waals surface area contributed by atoms with Crippen LogP contribution in [0.2, 0.25) is 0 Å². The molecule has 6 heteroatoms. The van der Waals surface area contributed by atoms with Crippen LogP contribution in [-0.2, 0) is 0 Å². The zero-order valence-corrected chi connectivity index (χ0v) is 9.36. The van der Waals surface area contributed by atoms with Gasteiger partial charge in [0.15, 0.2) is 0 Å². The normalized spacial score (nSPS) is 28.8. The highest BCUT2D eigenvalue weighted by molar-refractivity contribution is 8.25. The molecule has 1 fully saturated rings. The number of rotatable bonds is 2. The summed E-state index contributed by atoms with van der Waals surface area (Å²) in [6.07, 6.45) is 0. The molecule has 0 aromatic heterocycles. The molecule has 2 unspecified atom stereocenters. The number of nitrogens with zero attached hydrogens (tertiary/aromatic N) is 2. The van der Waals surface area contributed by atoms with Crippen molar-refractivity contribution in [1.29, 1.82) is 10.5 Å². The summed E-state index contributed by atoms with van der Waals surface area (Å²) < 4.78 is 0.797. The zero-order chi connectivity index (χ0) is 8.81. The number of thioether (sulfide) groups is 4. The van der Waals surface area contributed by atoms with Crippen molar-refractivity contribution in [2.24, 2.45) is 0 Å². The fraction of sp³-hybridized carbons (Fsp3) is 0.667. The van der Waals surface area contributed by atoms with Crippen LogP contribution in [-0.4, -0.2) is 20.7 Å². The minimum Gasteiger partial charge on any atom is -0.185 e. The Morgan fingerprint density at radius 1 is 1.00 bits per heavy atom. The maximum Gasteiger partial charge on any atom is 0.134 e. The Morgan fingerprint density at radius 3 is 1.67 bits per heavy atom. The van der Waals surface area contributed by atoms with Gasteiger partial charge in [0.1, 0.15) is 10.8 Å². The van der Waals surface area contributed by atoms with E-state index in [4.69, 9.17) is 10.5 Å². The molecular weight excluding hydrogens is 228 g/mol. The first kappa shape index (κ1) is 10.5. The standard InChI is InChI=1S/C6H6N2S4/c7-3-11-5-1-9-6(2-10-5)12-4-8/h5-6H,1-2H2. The minimum atomic E-state index is 0.399. The molecule has 2 atom stereocenters. The summed E-state index contributed by atoms with van der Waals surface area (Å²) in [4.78, 5) is 0. The van der Waals surface area contributed by atoms with Crippen molar-refractivity contribution in [2.75, 3.05) is 11.5 Å². The van der Waals surface area contributed by atoms with Gasteiger partial charge in [-0.1, -0.05) is 0 Å². The highest BCUT2D eigenvalue weighted by atomic mass is 32.2. The van der Waals surface area contributed by atoms with E-state index in [0.29, 0.717) is 9.16 Å². The number of nitriles is 2. The molecule has 1 saturated heterocycles. The Hall–Kier alpha value is 0.380. The summed E-state index contributed by atoms with van der Waals surface area (Å²) in [5, 5.41) is 21.0. The van der Waals surface area contributed by atoms with Gasteiger partial charge >= 0.3 is 0 Å². The van der Waals surface area contributed by atoms with E-state index in [0.717, 1.165) is 11.5 Å². The molecule has 64 valence electrons. The lowest BCUT2D eigenvalue weighted by atomic mass is 10.9. The lowest BCUT2D eigenvalue weighted by Crippen LogP contribution is -2.15. The molecule has 0 aromatic rings. The van der Waals surface area contributed by atoms with Crippen LogP contribution in [0.4, 0.5) is 0 Å². The van der Waals surface area contributed by atoms with Crippen LogP contribution in [0.3, 0.4) is 0 Å². The molecule has 0 aromatic carbocycles. The second kappa shape index (κ2) is 5.93. The van der Waals surface area contributed by atoms with Crippen LogP contribution in [0.1, 0.15) is 0 Å². The van der Waals surface area contributed by atoms with Crippen LogP contribution in [0.25, 0.3) is 0 Å². The van der Waals surface area contributed by atoms with E-state index < -0.39 is 0 Å². The molecule has 0 radical (unpaired) electrons. The molecule has 0 amide bonds. The summed E-state index contributed by atoms with van der Waals surface area (Å²) in [5.41, 5.74) is 0. The summed E-state index contributed by atoms with van der Waals surface area (Å²) in [7, 11) is 0. The average Bonchev–Trinajstić information content (AvgIpc) is 2.09. The first-order chi connectivity index (χ1) is 5.86. The van der Waals surface area contributed by atoms with E-state index in [2.05, 4.69) is 10.8 Å². The maximum atomic E-state index is 8.42. The third-order valence-electron chi connectivity index (χ3n) is 1.20. The highest BCUT2D eigenvalue weighted by Gasteiger charge is 2.22. The summed E-state index contributed by atoms with van der Waals surface area (Å²) in [5.74, 6) is 1.95. The van der Waals surface area contributed by atoms with Gasteiger partial charge in [-0.25, -0.2) is 0 Å². The first-order valence-corrected chi connectivity index (χ1v) is 7.05. The molecule has 0 saturated carbocycles. The van der Waals surface area contributed by atoms with Gasteiger partial charge in [0.2, 0.25) is 0 Å². The highest BCUT2D eigenvalue weighted by Crippen LogP contribution is 2.39. The Balaban J connectivity index is 2.22. The van der Waals surface area contributed by atoms with Gasteiger partial charge in [0.25, 0.3) is 0 Å². The maximum absolute atomic E-state index is 8.42. The van der Waals surface area contributed by atoms with E-state index in [1.807, 2.05) is 0 Å². The zero-order valence-electron chi connectivity index (χ0n) is 6.10. The topological polar surface area (TPSA) is 47.6 Å². The van der Waals surface area contributed by atoms with Gasteiger partial charge < -0.3 is 0 Å². The molecule has 1 aliphatic heterocycles. The Morgan fingerprint density at radius 2 is 1.42 bits per heavy atom. The lowest BCUT2D eigenvalue weighted by molar-refractivity contribution is 1.33. The second-order valence-electron chi connectivity index (χ2n) is 1.94. The predicted octanol–water partition coefficient (Wildman–Crippen LogP) is 2.55. The molecule has 0 spiro atoms. The van der Waals surface area contributed by atoms with Gasteiger partial charge in [0, 0.05) is 11.5 Å². The third-order valence-corrected chi connectivity index (χ3v) is 6.64. The van der Waals surface area contributed by atoms with Gasteiger partial charge in [-0.05, 0) is 23.5 Å². The van der Waals surface area contributed by atoms with Crippen molar-refractivity contribution < 1.29 is 0 Å². The Kier molecular flexibility index (Phi) is 5.17. The van der Waals surface area contributed by atoms with Crippen molar-refractivity contribution in [3.05, 3.63) is 0 Å². The van der Waals surface area contributed by atoms with E-state index in [-0.39, 0.29) is 0 Å². The second-order valence-corrected chi connectivity index (χ2v) is 6.99. The number of hydrogen-bond donors (Lipinski definition) is 0. The quantitative estimate of drug-likeness (QED) is 0.684. The van der Waals surface area contributed by atoms with Crippen LogP contribution in [0.15, 0.2) is 0 Å². The van der Waals surface area contributed by atoms with Gasteiger partial charge in [-0.15, -0.1) is 23.5 Å². The van der Waals surface area contributed by atoms with E-state index in [9.17, 15) is 0 Å². The molecule has 0 bridgehead atoms. The van der Waals surface area contributed by atoms with E-state index >= 15 is 0 Å². The fourth-order valence-corrected chi connectivity index (χ4v) is 5.23. The fourth-order valence-electron chi connectivity index (χ4n) is 0.722. The lowest BCUT2D eigenvalue weighted by Gasteiger charge is -2.22. The summed E-state index contributed by atoms with van der Waals surface area (Å²) in [6, 6.07) is 0. The molecular formula is C6H6N2S4. The van der Waals surface area contributed by atoms with Crippen molar-refractivity contribution in [3.8, 4) is 10.8 Å². The van der Waals surface area contributed by atoms with Crippen LogP contribution in [0, 0.1) is 21.3 Å². The minimum absolute atomic E-state index is 0.399. The smallest absolute Gasteiger partial charge is 0.134 e. The molecule has 1 rings (SSSR count). The number of thiocyanates is 2. The molecule has 0 aliphatic carbocycles.